The highest BCUT2D eigenvalue weighted by Crippen LogP contribution is 2.55. The van der Waals surface area contributed by atoms with Gasteiger partial charge in [-0.3, -0.25) is 9.52 Å². The van der Waals surface area contributed by atoms with Crippen LogP contribution in [0.5, 0.6) is 0 Å². The molecule has 0 aliphatic heterocycles. The summed E-state index contributed by atoms with van der Waals surface area (Å²) in [6.45, 7) is 5.70. The van der Waals surface area contributed by atoms with Crippen LogP contribution in [0.2, 0.25) is 0 Å². The Morgan fingerprint density at radius 1 is 0.844 bits per heavy atom. The molecule has 4 bridgehead atoms. The fraction of sp³-hybridized carbons (Fsp3) is 0.500. The number of rotatable bonds is 5. The van der Waals surface area contributed by atoms with Crippen LogP contribution in [0.15, 0.2) is 41.3 Å². The van der Waals surface area contributed by atoms with E-state index < -0.39 is 10.0 Å². The first kappa shape index (κ1) is 21.5. The zero-order valence-corrected chi connectivity index (χ0v) is 19.9. The van der Waals surface area contributed by atoms with Gasteiger partial charge in [0, 0.05) is 16.8 Å². The van der Waals surface area contributed by atoms with E-state index in [-0.39, 0.29) is 16.3 Å². The van der Waals surface area contributed by atoms with Crippen molar-refractivity contribution in [2.45, 2.75) is 69.7 Å². The van der Waals surface area contributed by atoms with Gasteiger partial charge in [0.15, 0.2) is 0 Å². The molecule has 4 fully saturated rings. The predicted octanol–water partition coefficient (Wildman–Crippen LogP) is 5.11. The van der Waals surface area contributed by atoms with Crippen LogP contribution >= 0.6 is 0 Å². The Labute approximate surface area is 191 Å². The van der Waals surface area contributed by atoms with Gasteiger partial charge >= 0.3 is 0 Å². The third-order valence-corrected chi connectivity index (χ3v) is 9.44. The molecule has 32 heavy (non-hydrogen) atoms. The molecule has 2 aromatic carbocycles. The Morgan fingerprint density at radius 3 is 2.03 bits per heavy atom. The zero-order chi connectivity index (χ0) is 22.7. The van der Waals surface area contributed by atoms with Gasteiger partial charge in [0.2, 0.25) is 0 Å². The lowest BCUT2D eigenvalue weighted by atomic mass is 9.53. The Balaban J connectivity index is 1.38. The summed E-state index contributed by atoms with van der Waals surface area (Å²) in [4.78, 5) is 13.4. The molecule has 4 aliphatic rings. The molecule has 6 rings (SSSR count). The number of nitrogens with one attached hydrogen (secondary N) is 2. The maximum Gasteiger partial charge on any atom is 0.262 e. The van der Waals surface area contributed by atoms with Crippen LogP contribution in [0.1, 0.15) is 65.6 Å². The molecule has 0 unspecified atom stereocenters. The minimum Gasteiger partial charge on any atom is -0.347 e. The number of amides is 1. The molecule has 2 aromatic rings. The first-order chi connectivity index (χ1) is 15.1. The molecule has 5 nitrogen and oxygen atoms in total. The number of hydrogen-bond acceptors (Lipinski definition) is 3. The van der Waals surface area contributed by atoms with E-state index in [1.165, 1.54) is 25.3 Å². The van der Waals surface area contributed by atoms with Gasteiger partial charge in [-0.1, -0.05) is 12.1 Å². The number of carbonyl (C=O) groups excluding carboxylic acids is 1. The fourth-order valence-corrected chi connectivity index (χ4v) is 7.94. The van der Waals surface area contributed by atoms with Gasteiger partial charge in [0.1, 0.15) is 0 Å². The lowest BCUT2D eigenvalue weighted by Gasteiger charge is -2.56. The van der Waals surface area contributed by atoms with Crippen molar-refractivity contribution in [1.82, 2.24) is 5.32 Å². The molecule has 170 valence electrons. The normalized spacial score (nSPS) is 28.5. The minimum atomic E-state index is -3.81. The third kappa shape index (κ3) is 3.94. The van der Waals surface area contributed by atoms with Crippen molar-refractivity contribution in [3.8, 4) is 0 Å². The molecular formula is C26H32N2O3S. The summed E-state index contributed by atoms with van der Waals surface area (Å²) in [6, 6.07) is 10.5. The van der Waals surface area contributed by atoms with E-state index in [0.29, 0.717) is 16.8 Å². The van der Waals surface area contributed by atoms with E-state index in [1.54, 1.807) is 25.1 Å². The first-order valence-electron chi connectivity index (χ1n) is 11.7. The highest BCUT2D eigenvalue weighted by molar-refractivity contribution is 7.92. The minimum absolute atomic E-state index is 0.104. The summed E-state index contributed by atoms with van der Waals surface area (Å²) in [5.74, 6) is 2.04. The van der Waals surface area contributed by atoms with Crippen LogP contribution in [-0.2, 0) is 10.0 Å². The highest BCUT2D eigenvalue weighted by Gasteiger charge is 2.51. The number of anilines is 1. The van der Waals surface area contributed by atoms with Crippen LogP contribution in [-0.4, -0.2) is 19.9 Å². The average Bonchev–Trinajstić information content (AvgIpc) is 2.69. The second-order valence-electron chi connectivity index (χ2n) is 10.5. The van der Waals surface area contributed by atoms with Crippen LogP contribution in [0.3, 0.4) is 0 Å². The third-order valence-electron chi connectivity index (χ3n) is 7.92. The Kier molecular flexibility index (Phi) is 5.12. The standard InChI is InChI=1S/C26H32N2O3S/c1-16-5-7-23(8-18(16)3)28-32(30,31)24-12-22(6-4-17(24)2)25(29)27-26-13-19-9-20(14-26)11-21(10-19)15-26/h4-8,12,19-21,28H,9-11,13-15H2,1-3H3,(H,27,29). The first-order valence-corrected chi connectivity index (χ1v) is 13.1. The van der Waals surface area contributed by atoms with Crippen molar-refractivity contribution in [1.29, 1.82) is 0 Å². The molecule has 0 spiro atoms. The smallest absolute Gasteiger partial charge is 0.262 e. The Morgan fingerprint density at radius 2 is 1.44 bits per heavy atom. The average molecular weight is 453 g/mol. The molecule has 0 radical (unpaired) electrons. The summed E-state index contributed by atoms with van der Waals surface area (Å²) in [5.41, 5.74) is 3.57. The van der Waals surface area contributed by atoms with Crippen LogP contribution < -0.4 is 10.0 Å². The van der Waals surface area contributed by atoms with Gasteiger partial charge in [0.05, 0.1) is 4.90 Å². The molecule has 6 heteroatoms. The van der Waals surface area contributed by atoms with Crippen LogP contribution in [0, 0.1) is 38.5 Å². The van der Waals surface area contributed by atoms with Crippen molar-refractivity contribution < 1.29 is 13.2 Å². The lowest BCUT2D eigenvalue weighted by Crippen LogP contribution is -2.59. The molecule has 4 aliphatic carbocycles. The zero-order valence-electron chi connectivity index (χ0n) is 19.1. The molecule has 0 aromatic heterocycles. The molecule has 0 saturated heterocycles. The largest absolute Gasteiger partial charge is 0.347 e. The number of sulfonamides is 1. The van der Waals surface area contributed by atoms with Crippen molar-refractivity contribution in [3.05, 3.63) is 58.7 Å². The Bertz CT molecular complexity index is 1150. The molecule has 4 saturated carbocycles. The number of hydrogen-bond donors (Lipinski definition) is 2. The SMILES string of the molecule is Cc1ccc(NS(=O)(=O)c2cc(C(=O)NC34CC5CC(CC(C5)C3)C4)ccc2C)cc1C. The van der Waals surface area contributed by atoms with Gasteiger partial charge in [-0.05, 0) is 118 Å². The van der Waals surface area contributed by atoms with Crippen molar-refractivity contribution in [3.63, 3.8) is 0 Å². The van der Waals surface area contributed by atoms with Crippen LogP contribution in [0.4, 0.5) is 5.69 Å². The molecule has 0 heterocycles. The fourth-order valence-electron chi connectivity index (χ4n) is 6.62. The van der Waals surface area contributed by atoms with E-state index in [4.69, 9.17) is 0 Å². The van der Waals surface area contributed by atoms with Gasteiger partial charge in [0.25, 0.3) is 15.9 Å². The van der Waals surface area contributed by atoms with Gasteiger partial charge in [-0.25, -0.2) is 8.42 Å². The maximum atomic E-state index is 13.2. The maximum absolute atomic E-state index is 13.2. The number of benzene rings is 2. The quantitative estimate of drug-likeness (QED) is 0.662. The summed E-state index contributed by atoms with van der Waals surface area (Å²) in [7, 11) is -3.81. The monoisotopic (exact) mass is 452 g/mol. The summed E-state index contributed by atoms with van der Waals surface area (Å²) >= 11 is 0. The summed E-state index contributed by atoms with van der Waals surface area (Å²) < 4.78 is 29.0. The van der Waals surface area contributed by atoms with Gasteiger partial charge in [-0.15, -0.1) is 0 Å². The molecular weight excluding hydrogens is 420 g/mol. The molecule has 1 amide bonds. The molecule has 2 N–H and O–H groups in total. The number of aryl methyl sites for hydroxylation is 3. The second-order valence-corrected chi connectivity index (χ2v) is 12.2. The van der Waals surface area contributed by atoms with Gasteiger partial charge < -0.3 is 5.32 Å². The van der Waals surface area contributed by atoms with E-state index in [1.807, 2.05) is 26.0 Å². The predicted molar refractivity (Wildman–Crippen MR) is 126 cm³/mol. The van der Waals surface area contributed by atoms with Crippen molar-refractivity contribution >= 4 is 21.6 Å². The van der Waals surface area contributed by atoms with E-state index in [0.717, 1.165) is 48.1 Å². The van der Waals surface area contributed by atoms with E-state index in [9.17, 15) is 13.2 Å². The summed E-state index contributed by atoms with van der Waals surface area (Å²) in [6.07, 6.45) is 7.13. The summed E-state index contributed by atoms with van der Waals surface area (Å²) in [5, 5.41) is 3.35. The highest BCUT2D eigenvalue weighted by atomic mass is 32.2. The van der Waals surface area contributed by atoms with Crippen LogP contribution in [0.25, 0.3) is 0 Å². The molecule has 0 atom stereocenters. The topological polar surface area (TPSA) is 75.3 Å². The number of carbonyl (C=O) groups is 1. The van der Waals surface area contributed by atoms with E-state index in [2.05, 4.69) is 10.0 Å². The second kappa shape index (κ2) is 7.62. The van der Waals surface area contributed by atoms with Crippen molar-refractivity contribution in [2.24, 2.45) is 17.8 Å². The Hall–Kier alpha value is -2.34. The van der Waals surface area contributed by atoms with Crippen molar-refractivity contribution in [2.75, 3.05) is 4.72 Å². The van der Waals surface area contributed by atoms with E-state index >= 15 is 0 Å². The lowest BCUT2D eigenvalue weighted by molar-refractivity contribution is -0.0167. The van der Waals surface area contributed by atoms with Gasteiger partial charge in [-0.2, -0.15) is 0 Å².